The van der Waals surface area contributed by atoms with E-state index in [9.17, 15) is 28.8 Å². The van der Waals surface area contributed by atoms with Gasteiger partial charge in [-0.1, -0.05) is 41.5 Å². The highest BCUT2D eigenvalue weighted by Gasteiger charge is 2.77. The summed E-state index contributed by atoms with van der Waals surface area (Å²) in [7, 11) is 0. The molecule has 0 unspecified atom stereocenters. The lowest BCUT2D eigenvalue weighted by atomic mass is 9.64. The van der Waals surface area contributed by atoms with Gasteiger partial charge < -0.3 is 10.6 Å². The predicted octanol–water partition coefficient (Wildman–Crippen LogP) is 3.74. The van der Waals surface area contributed by atoms with Gasteiger partial charge in [0.25, 0.3) is 0 Å². The van der Waals surface area contributed by atoms with Gasteiger partial charge in [-0.2, -0.15) is 0 Å². The Morgan fingerprint density at radius 1 is 0.806 bits per heavy atom. The maximum Gasteiger partial charge on any atom is 0.239 e. The monoisotopic (exact) mass is 494 g/mol. The quantitative estimate of drug-likeness (QED) is 0.474. The van der Waals surface area contributed by atoms with Crippen LogP contribution in [0.3, 0.4) is 0 Å². The molecule has 0 spiro atoms. The standard InChI is InChI=1S/C28H34N2O6/c1-15(2)26(5)12-11-18(19(31)20(26)32)23(35)29-16-7-9-17(10-8-16)30-24(36)28-14-13-27(6,25(28,3)4)21(33)22(28)34/h7-10,15,18H,11-14H2,1-6H3,(H,29,35)(H,30,36)/t18-,26-,27+,28-/m0/s1. The molecule has 36 heavy (non-hydrogen) atoms. The molecule has 0 radical (unpaired) electrons. The van der Waals surface area contributed by atoms with Crippen molar-refractivity contribution in [2.45, 2.75) is 67.2 Å². The second-order valence-corrected chi connectivity index (χ2v) is 11.9. The lowest BCUT2D eigenvalue weighted by molar-refractivity contribution is -0.152. The molecule has 3 saturated carbocycles. The van der Waals surface area contributed by atoms with Gasteiger partial charge in [-0.15, -0.1) is 0 Å². The zero-order valence-electron chi connectivity index (χ0n) is 21.7. The summed E-state index contributed by atoms with van der Waals surface area (Å²) >= 11 is 0. The van der Waals surface area contributed by atoms with Crippen LogP contribution < -0.4 is 10.6 Å². The van der Waals surface area contributed by atoms with E-state index in [0.717, 1.165) is 0 Å². The summed E-state index contributed by atoms with van der Waals surface area (Å²) in [4.78, 5) is 76.9. The molecule has 0 heterocycles. The van der Waals surface area contributed by atoms with Crippen molar-refractivity contribution in [2.75, 3.05) is 10.6 Å². The van der Waals surface area contributed by atoms with Crippen molar-refractivity contribution in [3.8, 4) is 0 Å². The van der Waals surface area contributed by atoms with E-state index in [0.29, 0.717) is 37.1 Å². The van der Waals surface area contributed by atoms with Crippen LogP contribution in [0.1, 0.15) is 67.2 Å². The van der Waals surface area contributed by atoms with Gasteiger partial charge in [0.2, 0.25) is 34.9 Å². The summed E-state index contributed by atoms with van der Waals surface area (Å²) in [5.74, 6) is -4.29. The zero-order valence-corrected chi connectivity index (χ0v) is 21.7. The van der Waals surface area contributed by atoms with E-state index in [-0.39, 0.29) is 5.92 Å². The number of hydrogen-bond donors (Lipinski definition) is 2. The van der Waals surface area contributed by atoms with E-state index in [1.165, 1.54) is 0 Å². The van der Waals surface area contributed by atoms with Gasteiger partial charge >= 0.3 is 0 Å². The van der Waals surface area contributed by atoms with Gasteiger partial charge in [-0.3, -0.25) is 28.8 Å². The average molecular weight is 495 g/mol. The third-order valence-electron chi connectivity index (χ3n) is 9.94. The van der Waals surface area contributed by atoms with E-state index in [1.54, 1.807) is 38.1 Å². The number of amides is 2. The first-order chi connectivity index (χ1) is 16.6. The SMILES string of the molecule is CC(C)[C@]1(C)CC[C@H](C(=O)Nc2ccc(NC(=O)[C@]34CC[C@](C)(C(=O)C3=O)C4(C)C)cc2)C(=O)C1=O. The molecule has 192 valence electrons. The average Bonchev–Trinajstić information content (AvgIpc) is 3.09. The van der Waals surface area contributed by atoms with Crippen molar-refractivity contribution < 1.29 is 28.8 Å². The molecule has 3 aliphatic rings. The second-order valence-electron chi connectivity index (χ2n) is 11.9. The zero-order chi connectivity index (χ0) is 26.8. The van der Waals surface area contributed by atoms with Gasteiger partial charge in [0.1, 0.15) is 11.3 Å². The van der Waals surface area contributed by atoms with Crippen molar-refractivity contribution in [1.82, 2.24) is 0 Å². The van der Waals surface area contributed by atoms with Crippen LogP contribution >= 0.6 is 0 Å². The normalized spacial score (nSPS) is 33.2. The van der Waals surface area contributed by atoms with Crippen LogP contribution in [0.5, 0.6) is 0 Å². The molecule has 2 amide bonds. The first kappa shape index (κ1) is 25.9. The third-order valence-corrected chi connectivity index (χ3v) is 9.94. The molecule has 0 saturated heterocycles. The van der Waals surface area contributed by atoms with Crippen molar-refractivity contribution >= 4 is 46.3 Å². The first-order valence-electron chi connectivity index (χ1n) is 12.5. The lowest BCUT2D eigenvalue weighted by Crippen LogP contribution is -2.48. The minimum atomic E-state index is -1.40. The Morgan fingerprint density at radius 3 is 1.86 bits per heavy atom. The van der Waals surface area contributed by atoms with Crippen LogP contribution in [0.4, 0.5) is 11.4 Å². The van der Waals surface area contributed by atoms with Gasteiger partial charge in [0, 0.05) is 22.2 Å². The van der Waals surface area contributed by atoms with E-state index >= 15 is 0 Å². The van der Waals surface area contributed by atoms with Crippen molar-refractivity contribution in [3.05, 3.63) is 24.3 Å². The summed E-state index contributed by atoms with van der Waals surface area (Å²) in [6.45, 7) is 11.0. The van der Waals surface area contributed by atoms with E-state index in [1.807, 2.05) is 27.7 Å². The number of fused-ring (bicyclic) bond motifs is 2. The van der Waals surface area contributed by atoms with Crippen molar-refractivity contribution in [3.63, 3.8) is 0 Å². The molecule has 4 rings (SSSR count). The van der Waals surface area contributed by atoms with Gasteiger partial charge in [-0.05, 0) is 61.3 Å². The minimum Gasteiger partial charge on any atom is -0.325 e. The predicted molar refractivity (Wildman–Crippen MR) is 133 cm³/mol. The van der Waals surface area contributed by atoms with E-state index in [4.69, 9.17) is 0 Å². The van der Waals surface area contributed by atoms with Crippen LogP contribution in [0, 0.1) is 33.5 Å². The number of ketones is 4. The number of Topliss-reactive ketones (excluding diaryl/α,β-unsaturated/α-hetero) is 4. The number of anilines is 2. The third kappa shape index (κ3) is 3.26. The van der Waals surface area contributed by atoms with Gasteiger partial charge in [0.15, 0.2) is 0 Å². The molecule has 3 fully saturated rings. The summed E-state index contributed by atoms with van der Waals surface area (Å²) in [5, 5.41) is 5.47. The molecule has 8 nitrogen and oxygen atoms in total. The number of rotatable bonds is 5. The molecular weight excluding hydrogens is 460 g/mol. The Morgan fingerprint density at radius 2 is 1.36 bits per heavy atom. The molecule has 1 aromatic carbocycles. The lowest BCUT2D eigenvalue weighted by Gasteiger charge is -2.37. The van der Waals surface area contributed by atoms with Crippen molar-refractivity contribution in [1.29, 1.82) is 0 Å². The topological polar surface area (TPSA) is 126 Å². The van der Waals surface area contributed by atoms with Gasteiger partial charge in [0.05, 0.1) is 0 Å². The highest BCUT2D eigenvalue weighted by molar-refractivity contribution is 6.49. The maximum absolute atomic E-state index is 13.3. The molecule has 2 bridgehead atoms. The molecule has 1 aromatic rings. The Labute approximate surface area is 211 Å². The fourth-order valence-electron chi connectivity index (χ4n) is 6.31. The largest absolute Gasteiger partial charge is 0.325 e. The number of benzene rings is 1. The Bertz CT molecular complexity index is 1200. The van der Waals surface area contributed by atoms with Crippen LogP contribution in [-0.2, 0) is 28.8 Å². The van der Waals surface area contributed by atoms with Crippen LogP contribution in [0.25, 0.3) is 0 Å². The molecule has 0 aliphatic heterocycles. The van der Waals surface area contributed by atoms with E-state index < -0.39 is 62.5 Å². The summed E-state index contributed by atoms with van der Waals surface area (Å²) in [6, 6.07) is 6.31. The van der Waals surface area contributed by atoms with Gasteiger partial charge in [-0.25, -0.2) is 0 Å². The molecule has 8 heteroatoms. The smallest absolute Gasteiger partial charge is 0.239 e. The molecular formula is C28H34N2O6. The molecule has 3 aliphatic carbocycles. The summed E-state index contributed by atoms with van der Waals surface area (Å²) in [5.41, 5.74) is -2.97. The number of carbonyl (C=O) groups is 6. The Balaban J connectivity index is 1.44. The van der Waals surface area contributed by atoms with E-state index in [2.05, 4.69) is 10.6 Å². The maximum atomic E-state index is 13.3. The molecule has 0 aromatic heterocycles. The fourth-order valence-corrected chi connectivity index (χ4v) is 6.31. The fraction of sp³-hybridized carbons (Fsp3) is 0.571. The summed E-state index contributed by atoms with van der Waals surface area (Å²) < 4.78 is 0. The molecule has 2 N–H and O–H groups in total. The van der Waals surface area contributed by atoms with Crippen LogP contribution in [-0.4, -0.2) is 34.9 Å². The number of carbonyl (C=O) groups excluding carboxylic acids is 6. The Kier molecular flexibility index (Phi) is 5.89. The number of hydrogen-bond acceptors (Lipinski definition) is 6. The summed E-state index contributed by atoms with van der Waals surface area (Å²) in [6.07, 6.45) is 1.59. The first-order valence-corrected chi connectivity index (χ1v) is 12.5. The highest BCUT2D eigenvalue weighted by Crippen LogP contribution is 2.69. The van der Waals surface area contributed by atoms with Crippen LogP contribution in [0.15, 0.2) is 24.3 Å². The highest BCUT2D eigenvalue weighted by atomic mass is 16.2. The van der Waals surface area contributed by atoms with Crippen LogP contribution in [0.2, 0.25) is 0 Å². The van der Waals surface area contributed by atoms with Crippen molar-refractivity contribution in [2.24, 2.45) is 33.5 Å². The minimum absolute atomic E-state index is 0.00135. The second kappa shape index (κ2) is 8.18. The molecule has 4 atom stereocenters. The Hall–Kier alpha value is -3.16. The number of nitrogens with one attached hydrogen (secondary N) is 2.